The van der Waals surface area contributed by atoms with Crippen LogP contribution in [-0.2, 0) is 16.0 Å². The van der Waals surface area contributed by atoms with Crippen LogP contribution < -0.4 is 11.3 Å². The molecule has 0 spiro atoms. The molecule has 0 amide bonds. The third kappa shape index (κ3) is 11.0. The molecular weight excluding hydrogens is 429 g/mol. The Morgan fingerprint density at radius 3 is 2.33 bits per heavy atom. The zero-order chi connectivity index (χ0) is 23.5. The number of aliphatic hydroxyl groups excluding tert-OH is 4. The normalized spacial score (nSPS) is 11.7. The highest BCUT2D eigenvalue weighted by molar-refractivity contribution is 7.45. The van der Waals surface area contributed by atoms with E-state index < -0.39 is 20.5 Å². The number of nitrogen functional groups attached to an aromatic ring is 1. The smallest absolute Gasteiger partial charge is 0.466 e. The quantitative estimate of drug-likeness (QED) is 0.129. The summed E-state index contributed by atoms with van der Waals surface area (Å²) in [6.07, 6.45) is 0.319. The number of H-pyrrole nitrogens is 1. The maximum atomic E-state index is 11.4. The summed E-state index contributed by atoms with van der Waals surface area (Å²) in [6, 6.07) is 0. The van der Waals surface area contributed by atoms with Crippen LogP contribution in [-0.4, -0.2) is 80.5 Å². The van der Waals surface area contributed by atoms with E-state index in [-0.39, 0.29) is 42.7 Å². The predicted octanol–water partition coefficient (Wildman–Crippen LogP) is -2.07. The Balaban J connectivity index is 0.000000509. The van der Waals surface area contributed by atoms with Crippen LogP contribution in [0.1, 0.15) is 13.8 Å². The molecule has 2 aromatic heterocycles. The molecule has 0 aliphatic rings. The highest BCUT2D eigenvalue weighted by Crippen LogP contribution is 2.25. The van der Waals surface area contributed by atoms with Gasteiger partial charge in [-0.05, 0) is 19.4 Å². The second-order valence-corrected chi connectivity index (χ2v) is 6.72. The van der Waals surface area contributed by atoms with E-state index >= 15 is 0 Å². The number of imidazole rings is 1. The molecular formula is C14H26N5O10P. The molecule has 0 aromatic carbocycles. The molecule has 0 aliphatic heterocycles. The van der Waals surface area contributed by atoms with Crippen LogP contribution >= 0.6 is 7.82 Å². The molecule has 16 heteroatoms. The first-order chi connectivity index (χ1) is 13.8. The Labute approximate surface area is 170 Å². The third-order valence-electron chi connectivity index (χ3n) is 2.96. The number of nitrogens with two attached hydrogens (primary N) is 1. The first-order valence-electron chi connectivity index (χ1n) is 8.14. The number of allylic oxidation sites excluding steroid dienone is 1. The van der Waals surface area contributed by atoms with Crippen LogP contribution in [0.3, 0.4) is 0 Å². The molecule has 2 heterocycles. The first-order valence-corrected chi connectivity index (χ1v) is 9.71. The summed E-state index contributed by atoms with van der Waals surface area (Å²) in [4.78, 5) is 43.2. The minimum Gasteiger partial charge on any atom is -0.510 e. The monoisotopic (exact) mass is 455 g/mol. The topological polar surface area (TPSA) is 257 Å². The molecule has 0 radical (unpaired) electrons. The van der Waals surface area contributed by atoms with Crippen LogP contribution in [0, 0.1) is 0 Å². The van der Waals surface area contributed by atoms with Crippen molar-refractivity contribution in [1.29, 1.82) is 0 Å². The summed E-state index contributed by atoms with van der Waals surface area (Å²) in [5.74, 6) is -0.112. The Hall–Kier alpha value is -2.36. The SMILES string of the molecule is CC(C)=C(O)C(O)CO.Nc1nc2c(ncn2COCCO)c(=O)[nH]1.O=P(O)(O)O. The lowest BCUT2D eigenvalue weighted by molar-refractivity contribution is 0.0499. The number of aromatic nitrogens is 4. The molecule has 1 unspecified atom stereocenters. The van der Waals surface area contributed by atoms with Crippen LogP contribution in [0.2, 0.25) is 0 Å². The van der Waals surface area contributed by atoms with Crippen molar-refractivity contribution in [1.82, 2.24) is 19.5 Å². The molecule has 0 saturated carbocycles. The number of hydrogen-bond donors (Lipinski definition) is 9. The maximum absolute atomic E-state index is 11.4. The fraction of sp³-hybridized carbons (Fsp3) is 0.500. The van der Waals surface area contributed by atoms with E-state index in [0.717, 1.165) is 0 Å². The summed E-state index contributed by atoms with van der Waals surface area (Å²) in [5, 5.41) is 34.5. The van der Waals surface area contributed by atoms with Crippen molar-refractivity contribution in [2.24, 2.45) is 0 Å². The number of rotatable bonds is 6. The standard InChI is InChI=1S/C8H11N5O3.C6H12O3.H3O4P/c9-8-11-6-5(7(15)12-8)10-3-13(6)4-16-2-1-14;1-4(2)6(9)5(8)3-7;1-5(2,3)4/h3,14H,1-2,4H2,(H3,9,11,12,15);5,7-9H,3H2,1-2H3;(H3,1,2,3,4). The van der Waals surface area contributed by atoms with Crippen molar-refractivity contribution in [2.75, 3.05) is 25.6 Å². The van der Waals surface area contributed by atoms with Crippen LogP contribution in [0.15, 0.2) is 22.5 Å². The van der Waals surface area contributed by atoms with E-state index in [1.807, 2.05) is 0 Å². The van der Waals surface area contributed by atoms with Gasteiger partial charge in [-0.25, -0.2) is 9.55 Å². The molecule has 0 bridgehead atoms. The van der Waals surface area contributed by atoms with Crippen LogP contribution in [0.5, 0.6) is 0 Å². The van der Waals surface area contributed by atoms with Crippen LogP contribution in [0.25, 0.3) is 11.2 Å². The molecule has 2 rings (SSSR count). The molecule has 2 aromatic rings. The fourth-order valence-electron chi connectivity index (χ4n) is 1.71. The zero-order valence-electron chi connectivity index (χ0n) is 16.2. The molecule has 0 fully saturated rings. The number of nitrogens with zero attached hydrogens (tertiary/aromatic N) is 3. The Morgan fingerprint density at radius 1 is 1.33 bits per heavy atom. The number of ether oxygens (including phenoxy) is 1. The van der Waals surface area contributed by atoms with Crippen molar-refractivity contribution in [2.45, 2.75) is 26.7 Å². The zero-order valence-corrected chi connectivity index (χ0v) is 17.1. The van der Waals surface area contributed by atoms with Gasteiger partial charge in [0, 0.05) is 0 Å². The van der Waals surface area contributed by atoms with Gasteiger partial charge in [0.05, 0.1) is 26.1 Å². The van der Waals surface area contributed by atoms with Crippen molar-refractivity contribution in [3.05, 3.63) is 28.0 Å². The summed E-state index contributed by atoms with van der Waals surface area (Å²) >= 11 is 0. The lowest BCUT2D eigenvalue weighted by Gasteiger charge is -2.06. The Morgan fingerprint density at radius 2 is 1.90 bits per heavy atom. The van der Waals surface area contributed by atoms with Crippen molar-refractivity contribution < 1.29 is 44.4 Å². The number of aromatic amines is 1. The number of hydrogen-bond acceptors (Lipinski definition) is 10. The summed E-state index contributed by atoms with van der Waals surface area (Å²) in [5.41, 5.74) is 6.23. The number of fused-ring (bicyclic) bond motifs is 1. The number of phosphoric acid groups is 1. The maximum Gasteiger partial charge on any atom is 0.466 e. The van der Waals surface area contributed by atoms with Gasteiger partial charge in [0.15, 0.2) is 11.2 Å². The van der Waals surface area contributed by atoms with Crippen molar-refractivity contribution in [3.63, 3.8) is 0 Å². The fourth-order valence-corrected chi connectivity index (χ4v) is 1.71. The van der Waals surface area contributed by atoms with Gasteiger partial charge < -0.3 is 45.6 Å². The van der Waals surface area contributed by atoms with Crippen molar-refractivity contribution >= 4 is 24.9 Å². The minimum atomic E-state index is -4.64. The minimum absolute atomic E-state index is 0.0291. The molecule has 30 heavy (non-hydrogen) atoms. The van der Waals surface area contributed by atoms with Gasteiger partial charge in [0.25, 0.3) is 5.56 Å². The average Bonchev–Trinajstić information content (AvgIpc) is 3.03. The average molecular weight is 455 g/mol. The second kappa shape index (κ2) is 13.0. The van der Waals surface area contributed by atoms with E-state index in [1.165, 1.54) is 10.9 Å². The summed E-state index contributed by atoms with van der Waals surface area (Å²) < 4.78 is 15.5. The van der Waals surface area contributed by atoms with Gasteiger partial charge >= 0.3 is 7.82 Å². The molecule has 15 nitrogen and oxygen atoms in total. The Bertz CT molecular complexity index is 909. The van der Waals surface area contributed by atoms with E-state index in [0.29, 0.717) is 11.2 Å². The van der Waals surface area contributed by atoms with Gasteiger partial charge in [0.1, 0.15) is 18.6 Å². The molecule has 0 saturated heterocycles. The summed E-state index contributed by atoms with van der Waals surface area (Å²) in [6.45, 7) is 3.19. The lowest BCUT2D eigenvalue weighted by atomic mass is 10.2. The largest absolute Gasteiger partial charge is 0.510 e. The number of nitrogens with one attached hydrogen (secondary N) is 1. The predicted molar refractivity (Wildman–Crippen MR) is 104 cm³/mol. The molecule has 10 N–H and O–H groups in total. The van der Waals surface area contributed by atoms with E-state index in [2.05, 4.69) is 15.0 Å². The first kappa shape index (κ1) is 27.6. The van der Waals surface area contributed by atoms with Crippen LogP contribution in [0.4, 0.5) is 5.95 Å². The van der Waals surface area contributed by atoms with Gasteiger partial charge in [-0.1, -0.05) is 0 Å². The highest BCUT2D eigenvalue weighted by Gasteiger charge is 2.09. The molecule has 172 valence electrons. The van der Waals surface area contributed by atoms with E-state index in [4.69, 9.17) is 50.1 Å². The molecule has 0 aliphatic carbocycles. The van der Waals surface area contributed by atoms with Gasteiger partial charge in [-0.15, -0.1) is 0 Å². The second-order valence-electron chi connectivity index (χ2n) is 5.70. The lowest BCUT2D eigenvalue weighted by Crippen LogP contribution is -2.15. The third-order valence-corrected chi connectivity index (χ3v) is 2.96. The van der Waals surface area contributed by atoms with Crippen molar-refractivity contribution in [3.8, 4) is 0 Å². The summed E-state index contributed by atoms with van der Waals surface area (Å²) in [7, 11) is -4.64. The van der Waals surface area contributed by atoms with Gasteiger partial charge in [-0.2, -0.15) is 4.98 Å². The van der Waals surface area contributed by atoms with Gasteiger partial charge in [0.2, 0.25) is 5.95 Å². The highest BCUT2D eigenvalue weighted by atomic mass is 31.2. The van der Waals surface area contributed by atoms with E-state index in [1.54, 1.807) is 13.8 Å². The number of anilines is 1. The van der Waals surface area contributed by atoms with E-state index in [9.17, 15) is 4.79 Å². The van der Waals surface area contributed by atoms with Gasteiger partial charge in [-0.3, -0.25) is 14.3 Å². The number of aliphatic hydroxyl groups is 4. The Kier molecular flexibility index (Phi) is 12.0. The molecule has 1 atom stereocenters.